The third-order valence-electron chi connectivity index (χ3n) is 2.64. The van der Waals surface area contributed by atoms with E-state index in [-0.39, 0.29) is 11.7 Å². The van der Waals surface area contributed by atoms with Crippen LogP contribution in [0.3, 0.4) is 0 Å². The Morgan fingerprint density at radius 1 is 1.35 bits per heavy atom. The molecule has 0 unspecified atom stereocenters. The van der Waals surface area contributed by atoms with E-state index in [0.717, 1.165) is 31.0 Å². The third kappa shape index (κ3) is 3.23. The molecular formula is C12H13F2NO2. The predicted octanol–water partition coefficient (Wildman–Crippen LogP) is 1.87. The summed E-state index contributed by atoms with van der Waals surface area (Å²) in [5.74, 6) is -2.00. The first-order valence-corrected chi connectivity index (χ1v) is 5.51. The van der Waals surface area contributed by atoms with Gasteiger partial charge in [-0.05, 0) is 25.0 Å². The van der Waals surface area contributed by atoms with E-state index in [1.807, 2.05) is 0 Å². The molecule has 0 saturated carbocycles. The molecule has 1 heterocycles. The van der Waals surface area contributed by atoms with Gasteiger partial charge in [0.1, 0.15) is 11.6 Å². The highest BCUT2D eigenvalue weighted by Crippen LogP contribution is 2.11. The van der Waals surface area contributed by atoms with Crippen molar-refractivity contribution in [3.8, 4) is 0 Å². The van der Waals surface area contributed by atoms with Crippen LogP contribution in [0, 0.1) is 11.6 Å². The highest BCUT2D eigenvalue weighted by Gasteiger charge is 2.17. The summed E-state index contributed by atoms with van der Waals surface area (Å²) in [5.41, 5.74) is -0.0134. The molecule has 0 spiro atoms. The molecule has 5 heteroatoms. The van der Waals surface area contributed by atoms with Crippen molar-refractivity contribution in [2.24, 2.45) is 0 Å². The van der Waals surface area contributed by atoms with Gasteiger partial charge in [-0.25, -0.2) is 8.78 Å². The van der Waals surface area contributed by atoms with Gasteiger partial charge in [0.05, 0.1) is 6.10 Å². The molecule has 1 amide bonds. The highest BCUT2D eigenvalue weighted by atomic mass is 19.1. The fraction of sp³-hybridized carbons (Fsp3) is 0.417. The maximum absolute atomic E-state index is 12.9. The Kier molecular flexibility index (Phi) is 3.68. The molecule has 1 aromatic carbocycles. The van der Waals surface area contributed by atoms with Gasteiger partial charge < -0.3 is 10.1 Å². The molecule has 0 aliphatic carbocycles. The second-order valence-corrected chi connectivity index (χ2v) is 4.00. The fourth-order valence-electron chi connectivity index (χ4n) is 1.80. The van der Waals surface area contributed by atoms with Crippen molar-refractivity contribution >= 4 is 5.91 Å². The maximum Gasteiger partial charge on any atom is 0.251 e. The molecule has 1 aliphatic heterocycles. The van der Waals surface area contributed by atoms with E-state index >= 15 is 0 Å². The molecular weight excluding hydrogens is 228 g/mol. The number of amides is 1. The van der Waals surface area contributed by atoms with Gasteiger partial charge in [0.2, 0.25) is 0 Å². The van der Waals surface area contributed by atoms with Gasteiger partial charge in [-0.3, -0.25) is 4.79 Å². The number of halogens is 2. The Morgan fingerprint density at radius 3 is 2.65 bits per heavy atom. The zero-order chi connectivity index (χ0) is 12.3. The quantitative estimate of drug-likeness (QED) is 0.877. The Labute approximate surface area is 97.8 Å². The van der Waals surface area contributed by atoms with Gasteiger partial charge in [0, 0.05) is 24.8 Å². The number of hydrogen-bond acceptors (Lipinski definition) is 2. The van der Waals surface area contributed by atoms with Crippen LogP contribution >= 0.6 is 0 Å². The van der Waals surface area contributed by atoms with Gasteiger partial charge in [0.15, 0.2) is 0 Å². The summed E-state index contributed by atoms with van der Waals surface area (Å²) in [6.45, 7) is 1.08. The normalized spacial score (nSPS) is 19.3. The highest BCUT2D eigenvalue weighted by molar-refractivity contribution is 5.94. The van der Waals surface area contributed by atoms with E-state index in [9.17, 15) is 13.6 Å². The lowest BCUT2D eigenvalue weighted by atomic mass is 10.2. The molecule has 0 aromatic heterocycles. The summed E-state index contributed by atoms with van der Waals surface area (Å²) >= 11 is 0. The van der Waals surface area contributed by atoms with Crippen molar-refractivity contribution < 1.29 is 18.3 Å². The minimum absolute atomic E-state index is 0.0114. The largest absolute Gasteiger partial charge is 0.376 e. The van der Waals surface area contributed by atoms with E-state index in [0.29, 0.717) is 13.2 Å². The molecule has 1 aliphatic rings. The Bertz CT molecular complexity index is 397. The zero-order valence-electron chi connectivity index (χ0n) is 9.21. The summed E-state index contributed by atoms with van der Waals surface area (Å²) in [4.78, 5) is 11.6. The number of carbonyl (C=O) groups excluding carboxylic acids is 1. The number of hydrogen-bond donors (Lipinski definition) is 1. The average molecular weight is 241 g/mol. The molecule has 2 rings (SSSR count). The first-order valence-electron chi connectivity index (χ1n) is 5.51. The van der Waals surface area contributed by atoms with Crippen molar-refractivity contribution in [3.05, 3.63) is 35.4 Å². The van der Waals surface area contributed by atoms with E-state index < -0.39 is 17.5 Å². The van der Waals surface area contributed by atoms with Crippen LogP contribution < -0.4 is 5.32 Å². The smallest absolute Gasteiger partial charge is 0.251 e. The number of ether oxygens (including phenoxy) is 1. The lowest BCUT2D eigenvalue weighted by Gasteiger charge is -2.10. The molecule has 0 bridgehead atoms. The van der Waals surface area contributed by atoms with Crippen LogP contribution in [0.4, 0.5) is 8.78 Å². The summed E-state index contributed by atoms with van der Waals surface area (Å²) in [6.07, 6.45) is 1.89. The van der Waals surface area contributed by atoms with Gasteiger partial charge in [-0.2, -0.15) is 0 Å². The summed E-state index contributed by atoms with van der Waals surface area (Å²) < 4.78 is 31.1. The summed E-state index contributed by atoms with van der Waals surface area (Å²) in [6, 6.07) is 2.75. The van der Waals surface area contributed by atoms with Crippen molar-refractivity contribution in [2.75, 3.05) is 13.2 Å². The van der Waals surface area contributed by atoms with Crippen LogP contribution in [-0.2, 0) is 4.74 Å². The Hall–Kier alpha value is -1.49. The van der Waals surface area contributed by atoms with E-state index in [1.54, 1.807) is 0 Å². The van der Waals surface area contributed by atoms with Crippen LogP contribution in [-0.4, -0.2) is 25.2 Å². The molecule has 1 N–H and O–H groups in total. The number of nitrogens with one attached hydrogen (secondary N) is 1. The average Bonchev–Trinajstić information content (AvgIpc) is 2.77. The molecule has 1 saturated heterocycles. The van der Waals surface area contributed by atoms with Crippen LogP contribution in [0.2, 0.25) is 0 Å². The van der Waals surface area contributed by atoms with Crippen LogP contribution in [0.15, 0.2) is 18.2 Å². The van der Waals surface area contributed by atoms with Crippen molar-refractivity contribution in [1.82, 2.24) is 5.32 Å². The summed E-state index contributed by atoms with van der Waals surface area (Å²) in [7, 11) is 0. The zero-order valence-corrected chi connectivity index (χ0v) is 9.21. The Balaban J connectivity index is 1.94. The predicted molar refractivity (Wildman–Crippen MR) is 57.7 cm³/mol. The van der Waals surface area contributed by atoms with Gasteiger partial charge in [-0.1, -0.05) is 0 Å². The second kappa shape index (κ2) is 5.23. The van der Waals surface area contributed by atoms with Crippen LogP contribution in [0.5, 0.6) is 0 Å². The minimum atomic E-state index is -0.757. The molecule has 3 nitrogen and oxygen atoms in total. The molecule has 17 heavy (non-hydrogen) atoms. The maximum atomic E-state index is 12.9. The number of benzene rings is 1. The van der Waals surface area contributed by atoms with E-state index in [1.165, 1.54) is 0 Å². The fourth-order valence-corrected chi connectivity index (χ4v) is 1.80. The van der Waals surface area contributed by atoms with E-state index in [2.05, 4.69) is 5.32 Å². The van der Waals surface area contributed by atoms with Crippen molar-refractivity contribution in [3.63, 3.8) is 0 Å². The number of carbonyl (C=O) groups is 1. The van der Waals surface area contributed by atoms with Crippen molar-refractivity contribution in [2.45, 2.75) is 18.9 Å². The number of rotatable bonds is 3. The minimum Gasteiger partial charge on any atom is -0.376 e. The van der Waals surface area contributed by atoms with Crippen molar-refractivity contribution in [1.29, 1.82) is 0 Å². The molecule has 1 atom stereocenters. The SMILES string of the molecule is O=C(NC[C@@H]1CCCO1)c1cc(F)cc(F)c1. The molecule has 0 radical (unpaired) electrons. The summed E-state index contributed by atoms with van der Waals surface area (Å²) in [5, 5.41) is 2.60. The molecule has 1 aromatic rings. The van der Waals surface area contributed by atoms with Gasteiger partial charge >= 0.3 is 0 Å². The lowest BCUT2D eigenvalue weighted by molar-refractivity contribution is 0.0857. The van der Waals surface area contributed by atoms with Crippen LogP contribution in [0.1, 0.15) is 23.2 Å². The Morgan fingerprint density at radius 2 is 2.06 bits per heavy atom. The van der Waals surface area contributed by atoms with Crippen LogP contribution in [0.25, 0.3) is 0 Å². The molecule has 92 valence electrons. The molecule has 1 fully saturated rings. The first-order chi connectivity index (χ1) is 8.15. The van der Waals surface area contributed by atoms with E-state index in [4.69, 9.17) is 4.74 Å². The topological polar surface area (TPSA) is 38.3 Å². The standard InChI is InChI=1S/C12H13F2NO2/c13-9-4-8(5-10(14)6-9)12(16)15-7-11-2-1-3-17-11/h4-6,11H,1-3,7H2,(H,15,16)/t11-/m0/s1. The lowest BCUT2D eigenvalue weighted by Crippen LogP contribution is -2.31. The second-order valence-electron chi connectivity index (χ2n) is 4.00. The first kappa shape index (κ1) is 12.0. The van der Waals surface area contributed by atoms with Gasteiger partial charge in [-0.15, -0.1) is 0 Å². The monoisotopic (exact) mass is 241 g/mol. The third-order valence-corrected chi connectivity index (χ3v) is 2.64. The van der Waals surface area contributed by atoms with Gasteiger partial charge in [0.25, 0.3) is 5.91 Å².